The van der Waals surface area contributed by atoms with E-state index in [1.165, 1.54) is 24.5 Å². The highest BCUT2D eigenvalue weighted by atomic mass is 32.2. The van der Waals surface area contributed by atoms with Crippen molar-refractivity contribution in [2.75, 3.05) is 4.72 Å². The average Bonchev–Trinajstić information content (AvgIpc) is 3.17. The van der Waals surface area contributed by atoms with Crippen molar-refractivity contribution in [3.63, 3.8) is 0 Å². The first-order chi connectivity index (χ1) is 15.2. The third-order valence-corrected chi connectivity index (χ3v) is 6.00. The normalized spacial score (nSPS) is 11.3. The van der Waals surface area contributed by atoms with E-state index in [-0.39, 0.29) is 16.5 Å². The topological polar surface area (TPSA) is 116 Å². The van der Waals surface area contributed by atoms with Crippen molar-refractivity contribution in [2.45, 2.75) is 4.90 Å². The van der Waals surface area contributed by atoms with Gasteiger partial charge in [0.2, 0.25) is 0 Å². The van der Waals surface area contributed by atoms with Crippen molar-refractivity contribution < 1.29 is 26.4 Å². The molecular formula is C21H11F3N4O3S. The number of aromatic nitrogens is 2. The molecule has 4 aromatic rings. The first kappa shape index (κ1) is 21.1. The summed E-state index contributed by atoms with van der Waals surface area (Å²) in [5, 5.41) is 9.31. The van der Waals surface area contributed by atoms with Crippen molar-refractivity contribution in [3.8, 4) is 6.07 Å². The molecule has 2 N–H and O–H groups in total. The maximum atomic E-state index is 15.1. The molecule has 0 aliphatic carbocycles. The van der Waals surface area contributed by atoms with Gasteiger partial charge in [0, 0.05) is 23.3 Å². The van der Waals surface area contributed by atoms with E-state index in [1.807, 2.05) is 6.07 Å². The number of hydrogen-bond acceptors (Lipinski definition) is 5. The van der Waals surface area contributed by atoms with Gasteiger partial charge in [0.25, 0.3) is 10.0 Å². The summed E-state index contributed by atoms with van der Waals surface area (Å²) in [5.41, 5.74) is -0.694. The van der Waals surface area contributed by atoms with Gasteiger partial charge >= 0.3 is 0 Å². The molecule has 0 aliphatic heterocycles. The fourth-order valence-corrected chi connectivity index (χ4v) is 4.32. The van der Waals surface area contributed by atoms with E-state index in [1.54, 1.807) is 4.72 Å². The lowest BCUT2D eigenvalue weighted by atomic mass is 10.0. The number of nitrogens with zero attached hydrogens (tertiary/aromatic N) is 2. The molecular weight excluding hydrogens is 445 g/mol. The van der Waals surface area contributed by atoms with E-state index >= 15 is 4.39 Å². The molecule has 11 heteroatoms. The Balaban J connectivity index is 1.75. The van der Waals surface area contributed by atoms with Gasteiger partial charge in [-0.25, -0.2) is 26.6 Å². The van der Waals surface area contributed by atoms with Gasteiger partial charge in [-0.15, -0.1) is 0 Å². The summed E-state index contributed by atoms with van der Waals surface area (Å²) in [6.45, 7) is 0. The SMILES string of the molecule is N#Cc1cnc2[nH]cc(C(=O)c3cccc(NS(=O)(=O)c4c(F)cccc4F)c3F)c2c1. The summed E-state index contributed by atoms with van der Waals surface area (Å²) in [6.07, 6.45) is 2.58. The van der Waals surface area contributed by atoms with Gasteiger partial charge in [-0.2, -0.15) is 5.26 Å². The molecule has 2 aromatic carbocycles. The van der Waals surface area contributed by atoms with Crippen molar-refractivity contribution >= 4 is 32.5 Å². The molecule has 7 nitrogen and oxygen atoms in total. The molecule has 0 aliphatic rings. The lowest BCUT2D eigenvalue weighted by Gasteiger charge is -2.12. The van der Waals surface area contributed by atoms with E-state index in [4.69, 9.17) is 5.26 Å². The number of nitrogens with one attached hydrogen (secondary N) is 2. The number of carbonyl (C=O) groups excluding carboxylic acids is 1. The molecule has 0 saturated carbocycles. The molecule has 0 unspecified atom stereocenters. The van der Waals surface area contributed by atoms with Gasteiger partial charge in [-0.1, -0.05) is 12.1 Å². The number of fused-ring (bicyclic) bond motifs is 1. The van der Waals surface area contributed by atoms with Crippen molar-refractivity contribution in [1.82, 2.24) is 9.97 Å². The molecule has 0 fully saturated rings. The van der Waals surface area contributed by atoms with Crippen LogP contribution in [0, 0.1) is 28.8 Å². The number of anilines is 1. The summed E-state index contributed by atoms with van der Waals surface area (Å²) < 4.78 is 69.6. The molecule has 4 rings (SSSR count). The number of sulfonamides is 1. The number of ketones is 1. The maximum absolute atomic E-state index is 15.1. The van der Waals surface area contributed by atoms with E-state index < -0.39 is 49.4 Å². The second kappa shape index (κ2) is 7.82. The zero-order chi connectivity index (χ0) is 23.0. The quantitative estimate of drug-likeness (QED) is 0.442. The van der Waals surface area contributed by atoms with Crippen LogP contribution in [0.3, 0.4) is 0 Å². The van der Waals surface area contributed by atoms with Crippen molar-refractivity contribution in [1.29, 1.82) is 5.26 Å². The minimum Gasteiger partial charge on any atom is -0.345 e. The van der Waals surface area contributed by atoms with Crippen LogP contribution in [-0.2, 0) is 10.0 Å². The Hall–Kier alpha value is -4.17. The lowest BCUT2D eigenvalue weighted by Crippen LogP contribution is -2.18. The monoisotopic (exact) mass is 456 g/mol. The molecule has 0 atom stereocenters. The van der Waals surface area contributed by atoms with Gasteiger partial charge in [-0.05, 0) is 30.3 Å². The number of nitriles is 1. The zero-order valence-electron chi connectivity index (χ0n) is 15.9. The van der Waals surface area contributed by atoms with Gasteiger partial charge in [0.05, 0.1) is 16.8 Å². The molecule has 32 heavy (non-hydrogen) atoms. The van der Waals surface area contributed by atoms with Gasteiger partial charge in [-0.3, -0.25) is 9.52 Å². The minimum atomic E-state index is -4.84. The predicted molar refractivity (Wildman–Crippen MR) is 108 cm³/mol. The highest BCUT2D eigenvalue weighted by Gasteiger charge is 2.27. The Morgan fingerprint density at radius 1 is 1.06 bits per heavy atom. The summed E-state index contributed by atoms with van der Waals surface area (Å²) in [6, 6.07) is 9.10. The van der Waals surface area contributed by atoms with Crippen molar-refractivity contribution in [2.24, 2.45) is 0 Å². The summed E-state index contributed by atoms with van der Waals surface area (Å²) in [5.74, 6) is -4.77. The van der Waals surface area contributed by atoms with E-state index in [0.717, 1.165) is 30.3 Å². The summed E-state index contributed by atoms with van der Waals surface area (Å²) >= 11 is 0. The van der Waals surface area contributed by atoms with Crippen molar-refractivity contribution in [3.05, 3.63) is 89.0 Å². The molecule has 0 saturated heterocycles. The third-order valence-electron chi connectivity index (χ3n) is 4.58. The minimum absolute atomic E-state index is 0.00338. The second-order valence-electron chi connectivity index (χ2n) is 6.59. The highest BCUT2D eigenvalue weighted by Crippen LogP contribution is 2.27. The van der Waals surface area contributed by atoms with E-state index in [0.29, 0.717) is 5.65 Å². The molecule has 0 spiro atoms. The summed E-state index contributed by atoms with van der Waals surface area (Å²) in [4.78, 5) is 18.4. The van der Waals surface area contributed by atoms with Gasteiger partial charge in [0.1, 0.15) is 23.4 Å². The fraction of sp³-hybridized carbons (Fsp3) is 0. The Morgan fingerprint density at radius 3 is 2.44 bits per heavy atom. The molecule has 2 aromatic heterocycles. The van der Waals surface area contributed by atoms with Crippen LogP contribution < -0.4 is 4.72 Å². The van der Waals surface area contributed by atoms with Crippen LogP contribution in [0.5, 0.6) is 0 Å². The standard InChI is InChI=1S/C21H11F3N4O3S/c22-15-4-2-5-16(23)20(15)32(30,31)28-17-6-1-3-12(18(17)24)19(29)14-10-27-21-13(14)7-11(8-25)9-26-21/h1-7,9-10,28H,(H,26,27). The predicted octanol–water partition coefficient (Wildman–Crippen LogP) is 3.88. The first-order valence-electron chi connectivity index (χ1n) is 8.90. The zero-order valence-corrected chi connectivity index (χ0v) is 16.7. The largest absolute Gasteiger partial charge is 0.345 e. The number of pyridine rings is 1. The number of halogens is 3. The van der Waals surface area contributed by atoms with E-state index in [2.05, 4.69) is 9.97 Å². The van der Waals surface area contributed by atoms with Crippen LogP contribution in [0.4, 0.5) is 18.9 Å². The van der Waals surface area contributed by atoms with Crippen LogP contribution >= 0.6 is 0 Å². The third kappa shape index (κ3) is 3.57. The van der Waals surface area contributed by atoms with Crippen LogP contribution in [0.2, 0.25) is 0 Å². The van der Waals surface area contributed by atoms with Gasteiger partial charge in [0.15, 0.2) is 16.5 Å². The first-order valence-corrected chi connectivity index (χ1v) is 10.4. The molecule has 0 amide bonds. The average molecular weight is 456 g/mol. The van der Waals surface area contributed by atoms with E-state index in [9.17, 15) is 22.0 Å². The van der Waals surface area contributed by atoms with Gasteiger partial charge < -0.3 is 4.98 Å². The molecule has 0 radical (unpaired) electrons. The van der Waals surface area contributed by atoms with Crippen LogP contribution in [0.15, 0.2) is 59.8 Å². The summed E-state index contributed by atoms with van der Waals surface area (Å²) in [7, 11) is -4.84. The number of aromatic amines is 1. The van der Waals surface area contributed by atoms with Crippen LogP contribution in [0.1, 0.15) is 21.5 Å². The van der Waals surface area contributed by atoms with Crippen LogP contribution in [0.25, 0.3) is 11.0 Å². The number of rotatable bonds is 5. The molecule has 0 bridgehead atoms. The molecule has 160 valence electrons. The lowest BCUT2D eigenvalue weighted by molar-refractivity contribution is 0.103. The Bertz CT molecular complexity index is 1520. The maximum Gasteiger partial charge on any atom is 0.267 e. The number of benzene rings is 2. The number of H-pyrrole nitrogens is 1. The highest BCUT2D eigenvalue weighted by molar-refractivity contribution is 7.92. The smallest absolute Gasteiger partial charge is 0.267 e. The number of carbonyl (C=O) groups is 1. The molecule has 2 heterocycles. The number of hydrogen-bond donors (Lipinski definition) is 2. The Morgan fingerprint density at radius 2 is 1.75 bits per heavy atom. The van der Waals surface area contributed by atoms with Crippen LogP contribution in [-0.4, -0.2) is 24.2 Å². The fourth-order valence-electron chi connectivity index (χ4n) is 3.12. The second-order valence-corrected chi connectivity index (χ2v) is 8.21. The Kier molecular flexibility index (Phi) is 5.15. The Labute approximate surface area is 179 Å².